The van der Waals surface area contributed by atoms with Crippen molar-refractivity contribution < 1.29 is 14.3 Å². The van der Waals surface area contributed by atoms with Crippen LogP contribution in [0.4, 0.5) is 10.5 Å². The molecular formula is C30H31N3O3S. The molecule has 7 heteroatoms. The number of anilines is 1. The predicted molar refractivity (Wildman–Crippen MR) is 147 cm³/mol. The summed E-state index contributed by atoms with van der Waals surface area (Å²) in [5, 5.41) is 4.42. The number of benzene rings is 2. The molecule has 1 atom stereocenters. The molecule has 0 unspecified atom stereocenters. The number of thiophene rings is 1. The molecule has 0 radical (unpaired) electrons. The van der Waals surface area contributed by atoms with Gasteiger partial charge in [-0.2, -0.15) is 0 Å². The Balaban J connectivity index is 1.50. The first kappa shape index (κ1) is 23.7. The minimum Gasteiger partial charge on any atom is -0.497 e. The number of hydrogen-bond donors (Lipinski definition) is 1. The van der Waals surface area contributed by atoms with E-state index < -0.39 is 0 Å². The minimum atomic E-state index is -0.292. The van der Waals surface area contributed by atoms with Gasteiger partial charge in [-0.15, -0.1) is 11.3 Å². The van der Waals surface area contributed by atoms with Crippen LogP contribution in [-0.2, 0) is 19.4 Å². The first-order valence-electron chi connectivity index (χ1n) is 12.7. The Hall–Kier alpha value is -3.71. The molecule has 2 amide bonds. The number of ether oxygens (including phenoxy) is 2. The third-order valence-corrected chi connectivity index (χ3v) is 8.78. The number of carbonyl (C=O) groups excluding carboxylic acids is 1. The summed E-state index contributed by atoms with van der Waals surface area (Å²) in [5.41, 5.74) is 6.51. The van der Waals surface area contributed by atoms with Gasteiger partial charge in [0.15, 0.2) is 0 Å². The third kappa shape index (κ3) is 4.17. The van der Waals surface area contributed by atoms with E-state index in [4.69, 9.17) is 9.47 Å². The van der Waals surface area contributed by atoms with E-state index in [0.29, 0.717) is 18.0 Å². The molecule has 0 spiro atoms. The standard InChI is InChI=1S/C30H31N3O3S/c1-19-13-14-26(36-3)24(16-19)31-30(34)33-18-23-22-10-4-5-12-27(22)37-29(23)32-15-7-11-25(32)28(33)20-8-6-9-21(17-20)35-2/h6-9,11,13-17,28H,4-5,10,12,18H2,1-3H3,(H,31,34)/t28-/m1/s1. The van der Waals surface area contributed by atoms with E-state index in [-0.39, 0.29) is 12.1 Å². The quantitative estimate of drug-likeness (QED) is 0.324. The Morgan fingerprint density at radius 3 is 2.70 bits per heavy atom. The summed E-state index contributed by atoms with van der Waals surface area (Å²) in [5.74, 6) is 1.41. The number of rotatable bonds is 4. The van der Waals surface area contributed by atoms with Crippen molar-refractivity contribution in [2.45, 2.75) is 45.2 Å². The van der Waals surface area contributed by atoms with Crippen LogP contribution < -0.4 is 14.8 Å². The number of hydrogen-bond acceptors (Lipinski definition) is 4. The number of urea groups is 1. The second-order valence-corrected chi connectivity index (χ2v) is 10.8. The lowest BCUT2D eigenvalue weighted by Gasteiger charge is -2.32. The summed E-state index contributed by atoms with van der Waals surface area (Å²) >= 11 is 1.89. The van der Waals surface area contributed by atoms with Crippen molar-refractivity contribution in [2.75, 3.05) is 19.5 Å². The highest BCUT2D eigenvalue weighted by atomic mass is 32.1. The molecular weight excluding hydrogens is 482 g/mol. The van der Waals surface area contributed by atoms with Gasteiger partial charge in [0.2, 0.25) is 0 Å². The van der Waals surface area contributed by atoms with E-state index in [1.807, 2.05) is 59.6 Å². The summed E-state index contributed by atoms with van der Waals surface area (Å²) in [6.07, 6.45) is 6.75. The normalized spacial score (nSPS) is 16.3. The molecule has 6 nitrogen and oxygen atoms in total. The van der Waals surface area contributed by atoms with Crippen molar-refractivity contribution in [1.29, 1.82) is 0 Å². The van der Waals surface area contributed by atoms with Crippen LogP contribution in [0.1, 0.15) is 51.7 Å². The van der Waals surface area contributed by atoms with Crippen LogP contribution in [0.25, 0.3) is 5.00 Å². The molecule has 3 heterocycles. The summed E-state index contributed by atoms with van der Waals surface area (Å²) in [4.78, 5) is 17.6. The van der Waals surface area contributed by atoms with Crippen molar-refractivity contribution in [3.05, 3.63) is 93.6 Å². The van der Waals surface area contributed by atoms with Gasteiger partial charge in [0.25, 0.3) is 0 Å². The van der Waals surface area contributed by atoms with Crippen LogP contribution in [0.15, 0.2) is 60.8 Å². The zero-order chi connectivity index (χ0) is 25.5. The lowest BCUT2D eigenvalue weighted by atomic mass is 9.95. The summed E-state index contributed by atoms with van der Waals surface area (Å²) in [6.45, 7) is 2.54. The molecule has 2 aromatic heterocycles. The Labute approximate surface area is 221 Å². The van der Waals surface area contributed by atoms with Gasteiger partial charge in [-0.1, -0.05) is 18.2 Å². The molecule has 0 saturated carbocycles. The maximum atomic E-state index is 14.2. The number of aromatic nitrogens is 1. The summed E-state index contributed by atoms with van der Waals surface area (Å²) < 4.78 is 13.4. The summed E-state index contributed by atoms with van der Waals surface area (Å²) in [7, 11) is 3.30. The molecule has 37 heavy (non-hydrogen) atoms. The molecule has 4 aromatic rings. The van der Waals surface area contributed by atoms with Gasteiger partial charge in [-0.25, -0.2) is 4.79 Å². The molecule has 1 N–H and O–H groups in total. The monoisotopic (exact) mass is 513 g/mol. The highest BCUT2D eigenvalue weighted by Gasteiger charge is 2.36. The maximum Gasteiger partial charge on any atom is 0.323 e. The second kappa shape index (κ2) is 9.63. The number of fused-ring (bicyclic) bond motifs is 5. The molecule has 6 rings (SSSR count). The average Bonchev–Trinajstić information content (AvgIpc) is 3.50. The van der Waals surface area contributed by atoms with Gasteiger partial charge < -0.3 is 24.3 Å². The first-order valence-corrected chi connectivity index (χ1v) is 13.6. The van der Waals surface area contributed by atoms with Gasteiger partial charge in [-0.3, -0.25) is 0 Å². The van der Waals surface area contributed by atoms with Gasteiger partial charge in [0.05, 0.1) is 38.2 Å². The fourth-order valence-corrected chi connectivity index (χ4v) is 7.06. The zero-order valence-corrected chi connectivity index (χ0v) is 22.2. The number of carbonyl (C=O) groups is 1. The molecule has 2 aliphatic rings. The smallest absolute Gasteiger partial charge is 0.323 e. The van der Waals surface area contributed by atoms with Crippen molar-refractivity contribution in [1.82, 2.24) is 9.47 Å². The Morgan fingerprint density at radius 1 is 1.00 bits per heavy atom. The van der Waals surface area contributed by atoms with Crippen LogP contribution in [0.5, 0.6) is 11.5 Å². The molecule has 2 aromatic carbocycles. The number of nitrogens with zero attached hydrogens (tertiary/aromatic N) is 2. The van der Waals surface area contributed by atoms with Crippen LogP contribution in [0.3, 0.4) is 0 Å². The Kier molecular flexibility index (Phi) is 6.16. The van der Waals surface area contributed by atoms with Crippen molar-refractivity contribution in [2.24, 2.45) is 0 Å². The van der Waals surface area contributed by atoms with Gasteiger partial charge in [0.1, 0.15) is 16.5 Å². The lowest BCUT2D eigenvalue weighted by molar-refractivity contribution is 0.194. The molecule has 0 saturated heterocycles. The Morgan fingerprint density at radius 2 is 1.86 bits per heavy atom. The highest BCUT2D eigenvalue weighted by Crippen LogP contribution is 2.44. The third-order valence-electron chi connectivity index (χ3n) is 7.45. The van der Waals surface area contributed by atoms with Crippen molar-refractivity contribution in [3.63, 3.8) is 0 Å². The maximum absolute atomic E-state index is 14.2. The van der Waals surface area contributed by atoms with Gasteiger partial charge >= 0.3 is 6.03 Å². The van der Waals surface area contributed by atoms with Crippen LogP contribution in [-0.4, -0.2) is 29.7 Å². The average molecular weight is 514 g/mol. The van der Waals surface area contributed by atoms with Gasteiger partial charge in [-0.05, 0) is 85.7 Å². The fraction of sp³-hybridized carbons (Fsp3) is 0.300. The van der Waals surface area contributed by atoms with E-state index in [9.17, 15) is 4.79 Å². The topological polar surface area (TPSA) is 55.7 Å². The van der Waals surface area contributed by atoms with E-state index in [2.05, 4.69) is 34.3 Å². The molecule has 1 aliphatic heterocycles. The number of nitrogens with one attached hydrogen (secondary N) is 1. The fourth-order valence-electron chi connectivity index (χ4n) is 5.66. The SMILES string of the molecule is COc1cccc([C@@H]2c3cccn3-c3sc4c(c3CN2C(=O)Nc2cc(C)ccc2OC)CCCC4)c1. The highest BCUT2D eigenvalue weighted by molar-refractivity contribution is 7.15. The predicted octanol–water partition coefficient (Wildman–Crippen LogP) is 6.88. The van der Waals surface area contributed by atoms with Crippen LogP contribution >= 0.6 is 11.3 Å². The minimum absolute atomic E-state index is 0.159. The lowest BCUT2D eigenvalue weighted by Crippen LogP contribution is -2.38. The van der Waals surface area contributed by atoms with Crippen molar-refractivity contribution >= 4 is 23.1 Å². The van der Waals surface area contributed by atoms with Crippen LogP contribution in [0, 0.1) is 6.92 Å². The van der Waals surface area contributed by atoms with Gasteiger partial charge in [0, 0.05) is 16.6 Å². The number of aryl methyl sites for hydroxylation is 2. The zero-order valence-electron chi connectivity index (χ0n) is 21.4. The number of amides is 2. The first-order chi connectivity index (χ1) is 18.1. The summed E-state index contributed by atoms with van der Waals surface area (Å²) in [6, 6.07) is 17.6. The van der Waals surface area contributed by atoms with Crippen molar-refractivity contribution in [3.8, 4) is 16.5 Å². The van der Waals surface area contributed by atoms with E-state index in [1.165, 1.54) is 33.8 Å². The van der Waals surface area contributed by atoms with E-state index in [1.54, 1.807) is 14.2 Å². The molecule has 190 valence electrons. The molecule has 0 fully saturated rings. The molecule has 0 bridgehead atoms. The molecule has 1 aliphatic carbocycles. The number of methoxy groups -OCH3 is 2. The Bertz CT molecular complexity index is 1470. The van der Waals surface area contributed by atoms with Crippen LogP contribution in [0.2, 0.25) is 0 Å². The van der Waals surface area contributed by atoms with E-state index >= 15 is 0 Å². The second-order valence-electron chi connectivity index (χ2n) is 9.74. The van der Waals surface area contributed by atoms with E-state index in [0.717, 1.165) is 35.4 Å². The largest absolute Gasteiger partial charge is 0.497 e.